The zero-order valence-corrected chi connectivity index (χ0v) is 14.5. The fourth-order valence-electron chi connectivity index (χ4n) is 3.73. The van der Waals surface area contributed by atoms with Gasteiger partial charge in [-0.25, -0.2) is 4.39 Å². The van der Waals surface area contributed by atoms with Crippen molar-refractivity contribution < 1.29 is 19.4 Å². The first-order valence-electron chi connectivity index (χ1n) is 8.84. The van der Waals surface area contributed by atoms with Crippen molar-refractivity contribution in [2.24, 2.45) is 0 Å². The molecule has 4 nitrogen and oxygen atoms in total. The number of hydrogen-bond donors (Lipinski definition) is 2. The number of amides is 1. The molecular formula is C19H28FNO3. The fraction of sp³-hybridized carbons (Fsp3) is 0.632. The number of hydrogen-bond acceptors (Lipinski definition) is 3. The third kappa shape index (κ3) is 4.54. The number of aliphatic hydroxyl groups excluding tert-OH is 1. The van der Waals surface area contributed by atoms with Crippen LogP contribution in [0.2, 0.25) is 0 Å². The van der Waals surface area contributed by atoms with E-state index < -0.39 is 11.7 Å². The van der Waals surface area contributed by atoms with Crippen LogP contribution in [0.25, 0.3) is 0 Å². The Balaban J connectivity index is 2.16. The number of β-amino-alcohol motifs (C(OH)–C–C–N with tert-alkyl or cyclic N) is 1. The molecule has 0 aromatic heterocycles. The van der Waals surface area contributed by atoms with Crippen LogP contribution >= 0.6 is 0 Å². The van der Waals surface area contributed by atoms with Gasteiger partial charge in [-0.3, -0.25) is 4.79 Å². The van der Waals surface area contributed by atoms with Crippen LogP contribution in [-0.2, 0) is 4.79 Å². The second kappa shape index (κ2) is 8.08. The van der Waals surface area contributed by atoms with Gasteiger partial charge in [-0.1, -0.05) is 38.8 Å². The molecule has 1 heterocycles. The molecule has 0 bridgehead atoms. The maximum atomic E-state index is 13.5. The summed E-state index contributed by atoms with van der Waals surface area (Å²) in [5, 5.41) is 20.7. The molecule has 2 atom stereocenters. The average Bonchev–Trinajstić information content (AvgIpc) is 2.89. The largest absolute Gasteiger partial charge is 0.391 e. The van der Waals surface area contributed by atoms with Crippen LogP contribution in [0.1, 0.15) is 64.0 Å². The van der Waals surface area contributed by atoms with Crippen molar-refractivity contribution in [3.63, 3.8) is 0 Å². The molecule has 5 heteroatoms. The van der Waals surface area contributed by atoms with Crippen molar-refractivity contribution in [2.75, 3.05) is 6.54 Å². The lowest BCUT2D eigenvalue weighted by Crippen LogP contribution is -2.39. The second-order valence-electron chi connectivity index (χ2n) is 6.91. The molecule has 0 radical (unpaired) electrons. The summed E-state index contributed by atoms with van der Waals surface area (Å²) in [6.45, 7) is 4.20. The van der Waals surface area contributed by atoms with Crippen LogP contribution in [0.3, 0.4) is 0 Å². The van der Waals surface area contributed by atoms with Crippen LogP contribution < -0.4 is 0 Å². The van der Waals surface area contributed by atoms with Crippen molar-refractivity contribution in [2.45, 2.75) is 70.1 Å². The molecular weight excluding hydrogens is 309 g/mol. The molecule has 1 aliphatic heterocycles. The van der Waals surface area contributed by atoms with Crippen LogP contribution in [0.5, 0.6) is 0 Å². The molecule has 1 amide bonds. The molecule has 1 saturated heterocycles. The number of nitrogens with zero attached hydrogens (tertiary/aromatic N) is 1. The monoisotopic (exact) mass is 337 g/mol. The molecule has 1 fully saturated rings. The molecule has 134 valence electrons. The van der Waals surface area contributed by atoms with E-state index in [0.717, 1.165) is 12.8 Å². The van der Waals surface area contributed by atoms with Crippen molar-refractivity contribution in [1.82, 2.24) is 4.90 Å². The maximum Gasteiger partial charge on any atom is 0.226 e. The molecule has 0 aliphatic carbocycles. The number of halogens is 1. The number of likely N-dealkylation sites (tertiary alicyclic amines) is 1. The van der Waals surface area contributed by atoms with E-state index in [1.165, 1.54) is 12.1 Å². The molecule has 24 heavy (non-hydrogen) atoms. The number of aliphatic hydroxyl groups is 2. The highest BCUT2D eigenvalue weighted by atomic mass is 19.1. The van der Waals surface area contributed by atoms with Crippen LogP contribution in [0.4, 0.5) is 4.39 Å². The SMILES string of the molecule is CCCC(O)(CCC)CC(=O)N1C[C@H](O)C[C@H]1c1cccc(F)c1. The Bertz CT molecular complexity index is 557. The van der Waals surface area contributed by atoms with Crippen LogP contribution in [0, 0.1) is 5.82 Å². The van der Waals surface area contributed by atoms with E-state index >= 15 is 0 Å². The Morgan fingerprint density at radius 3 is 2.58 bits per heavy atom. The summed E-state index contributed by atoms with van der Waals surface area (Å²) < 4.78 is 13.5. The highest BCUT2D eigenvalue weighted by Crippen LogP contribution is 2.35. The standard InChI is InChI=1S/C19H28FNO3/c1-3-8-19(24,9-4-2)12-18(23)21-13-16(22)11-17(21)14-6-5-7-15(20)10-14/h5-7,10,16-17,22,24H,3-4,8-9,11-13H2,1-2H3/t16-,17+/m1/s1. The van der Waals surface area contributed by atoms with Crippen molar-refractivity contribution in [1.29, 1.82) is 0 Å². The van der Waals surface area contributed by atoms with E-state index in [2.05, 4.69) is 0 Å². The maximum absolute atomic E-state index is 13.5. The lowest BCUT2D eigenvalue weighted by molar-refractivity contribution is -0.138. The minimum Gasteiger partial charge on any atom is -0.391 e. The minimum absolute atomic E-state index is 0.0488. The fourth-order valence-corrected chi connectivity index (χ4v) is 3.73. The molecule has 2 rings (SSSR count). The van der Waals surface area contributed by atoms with E-state index in [-0.39, 0.29) is 30.7 Å². The molecule has 2 N–H and O–H groups in total. The van der Waals surface area contributed by atoms with Gasteiger partial charge in [-0.2, -0.15) is 0 Å². The molecule has 1 aromatic rings. The number of benzene rings is 1. The van der Waals surface area contributed by atoms with Crippen molar-refractivity contribution >= 4 is 5.91 Å². The Labute approximate surface area is 143 Å². The zero-order valence-electron chi connectivity index (χ0n) is 14.5. The second-order valence-corrected chi connectivity index (χ2v) is 6.91. The van der Waals surface area contributed by atoms with Gasteiger partial charge >= 0.3 is 0 Å². The van der Waals surface area contributed by atoms with Crippen molar-refractivity contribution in [3.8, 4) is 0 Å². The predicted molar refractivity (Wildman–Crippen MR) is 90.9 cm³/mol. The van der Waals surface area contributed by atoms with Gasteiger partial charge in [0.2, 0.25) is 5.91 Å². The Kier molecular flexibility index (Phi) is 6.35. The first-order valence-corrected chi connectivity index (χ1v) is 8.84. The topological polar surface area (TPSA) is 60.8 Å². The summed E-state index contributed by atoms with van der Waals surface area (Å²) in [6, 6.07) is 5.82. The minimum atomic E-state index is -0.999. The summed E-state index contributed by atoms with van der Waals surface area (Å²) in [5.74, 6) is -0.528. The van der Waals surface area contributed by atoms with Gasteiger partial charge in [0.15, 0.2) is 0 Å². The lowest BCUT2D eigenvalue weighted by atomic mass is 9.88. The van der Waals surface area contributed by atoms with Crippen molar-refractivity contribution in [3.05, 3.63) is 35.6 Å². The van der Waals surface area contributed by atoms with E-state index in [1.54, 1.807) is 17.0 Å². The summed E-state index contributed by atoms with van der Waals surface area (Å²) >= 11 is 0. The molecule has 1 aliphatic rings. The first-order chi connectivity index (χ1) is 11.4. The molecule has 0 unspecified atom stereocenters. The molecule has 0 saturated carbocycles. The quantitative estimate of drug-likeness (QED) is 0.803. The summed E-state index contributed by atoms with van der Waals surface area (Å²) in [5.41, 5.74) is -0.310. The summed E-state index contributed by atoms with van der Waals surface area (Å²) in [4.78, 5) is 14.4. The summed E-state index contributed by atoms with van der Waals surface area (Å²) in [6.07, 6.45) is 2.59. The zero-order chi connectivity index (χ0) is 17.7. The van der Waals surface area contributed by atoms with Gasteiger partial charge in [0.05, 0.1) is 24.2 Å². The first kappa shape index (κ1) is 18.9. The third-order valence-electron chi connectivity index (χ3n) is 4.74. The van der Waals surface area contributed by atoms with Gasteiger partial charge in [-0.05, 0) is 37.0 Å². The van der Waals surface area contributed by atoms with Gasteiger partial charge in [-0.15, -0.1) is 0 Å². The smallest absolute Gasteiger partial charge is 0.226 e. The number of carbonyl (C=O) groups excluding carboxylic acids is 1. The predicted octanol–water partition coefficient (Wildman–Crippen LogP) is 3.18. The molecule has 0 spiro atoms. The number of rotatable bonds is 7. The van der Waals surface area contributed by atoms with E-state index in [9.17, 15) is 19.4 Å². The lowest BCUT2D eigenvalue weighted by Gasteiger charge is -2.31. The van der Waals surface area contributed by atoms with E-state index in [0.29, 0.717) is 24.8 Å². The Morgan fingerprint density at radius 2 is 2.00 bits per heavy atom. The van der Waals surface area contributed by atoms with E-state index in [1.807, 2.05) is 13.8 Å². The highest BCUT2D eigenvalue weighted by molar-refractivity contribution is 5.78. The van der Waals surface area contributed by atoms with Crippen LogP contribution in [-0.4, -0.2) is 39.3 Å². The molecule has 1 aromatic carbocycles. The van der Waals surface area contributed by atoms with E-state index in [4.69, 9.17) is 0 Å². The van der Waals surface area contributed by atoms with Gasteiger partial charge < -0.3 is 15.1 Å². The van der Waals surface area contributed by atoms with Gasteiger partial charge in [0.1, 0.15) is 5.82 Å². The normalized spacial score (nSPS) is 21.3. The van der Waals surface area contributed by atoms with Crippen LogP contribution in [0.15, 0.2) is 24.3 Å². The average molecular weight is 337 g/mol. The number of carbonyl (C=O) groups is 1. The van der Waals surface area contributed by atoms with Gasteiger partial charge in [0.25, 0.3) is 0 Å². The summed E-state index contributed by atoms with van der Waals surface area (Å²) in [7, 11) is 0. The highest BCUT2D eigenvalue weighted by Gasteiger charge is 2.38. The Morgan fingerprint density at radius 1 is 1.33 bits per heavy atom. The third-order valence-corrected chi connectivity index (χ3v) is 4.74. The Hall–Kier alpha value is -1.46. The van der Waals surface area contributed by atoms with Gasteiger partial charge in [0, 0.05) is 6.54 Å².